The van der Waals surface area contributed by atoms with Crippen molar-refractivity contribution in [1.29, 1.82) is 0 Å². The predicted octanol–water partition coefficient (Wildman–Crippen LogP) is 1.57. The molecule has 0 unspecified atom stereocenters. The molecule has 20 heavy (non-hydrogen) atoms. The van der Waals surface area contributed by atoms with Gasteiger partial charge >= 0.3 is 0 Å². The third-order valence-corrected chi connectivity index (χ3v) is 3.44. The van der Waals surface area contributed by atoms with Crippen molar-refractivity contribution >= 4 is 23.3 Å². The van der Waals surface area contributed by atoms with Crippen LogP contribution in [0.2, 0.25) is 0 Å². The van der Waals surface area contributed by atoms with Crippen LogP contribution in [-0.4, -0.2) is 48.5 Å². The average molecular weight is 305 g/mol. The fourth-order valence-electron chi connectivity index (χ4n) is 1.86. The van der Waals surface area contributed by atoms with Gasteiger partial charge in [-0.05, 0) is 18.4 Å². The SMILES string of the molecule is CSc1cccc(N(CCO)CC(F)F)c1/C(N)=N/O. The van der Waals surface area contributed by atoms with Crippen LogP contribution in [0.3, 0.4) is 0 Å². The zero-order chi connectivity index (χ0) is 15.1. The van der Waals surface area contributed by atoms with Crippen molar-refractivity contribution in [3.05, 3.63) is 23.8 Å². The third kappa shape index (κ3) is 3.97. The molecule has 0 atom stereocenters. The Bertz CT molecular complexity index is 472. The monoisotopic (exact) mass is 305 g/mol. The van der Waals surface area contributed by atoms with Crippen LogP contribution in [0, 0.1) is 0 Å². The number of thioether (sulfide) groups is 1. The summed E-state index contributed by atoms with van der Waals surface area (Å²) < 4.78 is 25.3. The number of halogens is 2. The topological polar surface area (TPSA) is 82.1 Å². The summed E-state index contributed by atoms with van der Waals surface area (Å²) in [5.74, 6) is -0.151. The van der Waals surface area contributed by atoms with Crippen LogP contribution in [0.4, 0.5) is 14.5 Å². The van der Waals surface area contributed by atoms with Crippen LogP contribution >= 0.6 is 11.8 Å². The average Bonchev–Trinajstić information content (AvgIpc) is 2.44. The Morgan fingerprint density at radius 3 is 2.70 bits per heavy atom. The van der Waals surface area contributed by atoms with Gasteiger partial charge in [0.25, 0.3) is 6.43 Å². The number of alkyl halides is 2. The van der Waals surface area contributed by atoms with E-state index in [0.717, 1.165) is 0 Å². The second-order valence-electron chi connectivity index (χ2n) is 3.90. The molecular weight excluding hydrogens is 288 g/mol. The maximum absolute atomic E-state index is 12.7. The lowest BCUT2D eigenvalue weighted by atomic mass is 10.1. The Morgan fingerprint density at radius 2 is 2.20 bits per heavy atom. The molecule has 0 spiro atoms. The van der Waals surface area contributed by atoms with Gasteiger partial charge in [0, 0.05) is 17.1 Å². The lowest BCUT2D eigenvalue weighted by molar-refractivity contribution is 0.153. The zero-order valence-electron chi connectivity index (χ0n) is 11.0. The molecule has 0 saturated carbocycles. The second kappa shape index (κ2) is 7.91. The Labute approximate surface area is 120 Å². The van der Waals surface area contributed by atoms with E-state index in [9.17, 15) is 8.78 Å². The largest absolute Gasteiger partial charge is 0.409 e. The minimum atomic E-state index is -2.56. The fraction of sp³-hybridized carbons (Fsp3) is 0.417. The molecule has 1 rings (SSSR count). The van der Waals surface area contributed by atoms with Crippen LogP contribution in [0.5, 0.6) is 0 Å². The summed E-state index contributed by atoms with van der Waals surface area (Å²) in [6, 6.07) is 5.05. The summed E-state index contributed by atoms with van der Waals surface area (Å²) in [5.41, 5.74) is 6.44. The highest BCUT2D eigenvalue weighted by molar-refractivity contribution is 7.98. The van der Waals surface area contributed by atoms with E-state index < -0.39 is 13.0 Å². The molecule has 0 heterocycles. The Hall–Kier alpha value is -1.54. The highest BCUT2D eigenvalue weighted by Gasteiger charge is 2.20. The van der Waals surface area contributed by atoms with Gasteiger partial charge in [0.05, 0.1) is 18.7 Å². The quantitative estimate of drug-likeness (QED) is 0.234. The first-order valence-corrected chi connectivity index (χ1v) is 7.06. The van der Waals surface area contributed by atoms with E-state index in [1.165, 1.54) is 16.7 Å². The number of hydrogen-bond acceptors (Lipinski definition) is 5. The van der Waals surface area contributed by atoms with Gasteiger partial charge in [0.15, 0.2) is 5.84 Å². The van der Waals surface area contributed by atoms with E-state index in [1.54, 1.807) is 24.5 Å². The number of hydrogen-bond donors (Lipinski definition) is 3. The molecule has 0 amide bonds. The summed E-state index contributed by atoms with van der Waals surface area (Å²) >= 11 is 1.36. The van der Waals surface area contributed by atoms with E-state index in [0.29, 0.717) is 16.1 Å². The van der Waals surface area contributed by atoms with E-state index in [2.05, 4.69) is 5.16 Å². The number of oxime groups is 1. The van der Waals surface area contributed by atoms with Gasteiger partial charge in [-0.25, -0.2) is 8.78 Å². The third-order valence-electron chi connectivity index (χ3n) is 2.66. The lowest BCUT2D eigenvalue weighted by Gasteiger charge is -2.26. The molecule has 0 fully saturated rings. The number of nitrogens with zero attached hydrogens (tertiary/aromatic N) is 2. The number of rotatable bonds is 7. The molecule has 1 aromatic rings. The van der Waals surface area contributed by atoms with Crippen molar-refractivity contribution in [2.45, 2.75) is 11.3 Å². The number of amidine groups is 1. The van der Waals surface area contributed by atoms with Gasteiger partial charge in [-0.15, -0.1) is 11.8 Å². The molecular formula is C12H17F2N3O2S. The minimum absolute atomic E-state index is 0.0356. The Balaban J connectivity index is 3.32. The maximum Gasteiger partial charge on any atom is 0.255 e. The first-order valence-electron chi connectivity index (χ1n) is 5.84. The van der Waals surface area contributed by atoms with Crippen LogP contribution in [0.1, 0.15) is 5.56 Å². The highest BCUT2D eigenvalue weighted by atomic mass is 32.2. The molecule has 0 aliphatic rings. The van der Waals surface area contributed by atoms with Crippen molar-refractivity contribution in [3.8, 4) is 0 Å². The molecule has 4 N–H and O–H groups in total. The van der Waals surface area contributed by atoms with Crippen molar-refractivity contribution in [3.63, 3.8) is 0 Å². The molecule has 112 valence electrons. The number of aliphatic hydroxyl groups excluding tert-OH is 1. The number of aliphatic hydroxyl groups is 1. The van der Waals surface area contributed by atoms with Gasteiger partial charge in [0.2, 0.25) is 0 Å². The van der Waals surface area contributed by atoms with Crippen molar-refractivity contribution in [2.24, 2.45) is 10.9 Å². The van der Waals surface area contributed by atoms with Crippen LogP contribution in [-0.2, 0) is 0 Å². The van der Waals surface area contributed by atoms with Gasteiger partial charge < -0.3 is 20.9 Å². The first kappa shape index (κ1) is 16.5. The normalized spacial score (nSPS) is 11.9. The molecule has 0 aliphatic carbocycles. The molecule has 0 bridgehead atoms. The highest BCUT2D eigenvalue weighted by Crippen LogP contribution is 2.30. The van der Waals surface area contributed by atoms with Crippen LogP contribution in [0.15, 0.2) is 28.3 Å². The predicted molar refractivity (Wildman–Crippen MR) is 76.0 cm³/mol. The summed E-state index contributed by atoms with van der Waals surface area (Å²) in [6.45, 7) is -0.774. The number of anilines is 1. The fourth-order valence-corrected chi connectivity index (χ4v) is 2.49. The molecule has 0 aromatic heterocycles. The lowest BCUT2D eigenvalue weighted by Crippen LogP contribution is -2.33. The van der Waals surface area contributed by atoms with Crippen LogP contribution in [0.25, 0.3) is 0 Å². The smallest absolute Gasteiger partial charge is 0.255 e. The summed E-state index contributed by atoms with van der Waals surface area (Å²) in [5, 5.41) is 20.8. The first-order chi connectivity index (χ1) is 9.54. The molecule has 0 saturated heterocycles. The standard InChI is InChI=1S/C12H17F2N3O2S/c1-20-9-4-2-3-8(11(9)12(15)16-19)17(5-6-18)7-10(13)14/h2-4,10,18-19H,5-7H2,1H3,(H2,15,16). The summed E-state index contributed by atoms with van der Waals surface area (Å²) in [4.78, 5) is 2.02. The van der Waals surface area contributed by atoms with Gasteiger partial charge in [0.1, 0.15) is 0 Å². The van der Waals surface area contributed by atoms with Crippen LogP contribution < -0.4 is 10.6 Å². The van der Waals surface area contributed by atoms with Gasteiger partial charge in [-0.3, -0.25) is 0 Å². The molecule has 0 aliphatic heterocycles. The number of benzene rings is 1. The summed E-state index contributed by atoms with van der Waals surface area (Å²) in [6.07, 6.45) is -0.754. The molecule has 0 radical (unpaired) electrons. The maximum atomic E-state index is 12.7. The summed E-state index contributed by atoms with van der Waals surface area (Å²) in [7, 11) is 0. The van der Waals surface area contributed by atoms with E-state index >= 15 is 0 Å². The van der Waals surface area contributed by atoms with Crippen molar-refractivity contribution < 1.29 is 19.1 Å². The van der Waals surface area contributed by atoms with Crippen molar-refractivity contribution in [1.82, 2.24) is 0 Å². The van der Waals surface area contributed by atoms with Crippen molar-refractivity contribution in [2.75, 3.05) is 30.9 Å². The zero-order valence-corrected chi connectivity index (χ0v) is 11.8. The minimum Gasteiger partial charge on any atom is -0.409 e. The van der Waals surface area contributed by atoms with E-state index in [-0.39, 0.29) is 19.0 Å². The van der Waals surface area contributed by atoms with E-state index in [1.807, 2.05) is 0 Å². The van der Waals surface area contributed by atoms with E-state index in [4.69, 9.17) is 16.0 Å². The Morgan fingerprint density at radius 1 is 1.50 bits per heavy atom. The van der Waals surface area contributed by atoms with Gasteiger partial charge in [-0.1, -0.05) is 11.2 Å². The number of nitrogens with two attached hydrogens (primary N) is 1. The molecule has 8 heteroatoms. The van der Waals surface area contributed by atoms with Gasteiger partial charge in [-0.2, -0.15) is 0 Å². The Kier molecular flexibility index (Phi) is 6.53. The second-order valence-corrected chi connectivity index (χ2v) is 4.75. The molecule has 5 nitrogen and oxygen atoms in total. The molecule has 1 aromatic carbocycles.